The molecule has 5 heterocycles. The molecule has 5 rings (SSSR count). The van der Waals surface area contributed by atoms with E-state index in [1.165, 1.54) is 0 Å². The molecule has 2 N–H and O–H groups in total. The number of aliphatic hydroxyl groups excluding tert-OH is 1. The molecule has 7 heteroatoms. The maximum absolute atomic E-state index is 13.4. The van der Waals surface area contributed by atoms with Crippen LogP contribution < -0.4 is 5.32 Å². The van der Waals surface area contributed by atoms with Gasteiger partial charge >= 0.3 is 0 Å². The van der Waals surface area contributed by atoms with Crippen LogP contribution in [0.4, 0.5) is 0 Å². The molecule has 0 radical (unpaired) electrons. The third-order valence-corrected chi connectivity index (χ3v) is 6.43. The minimum Gasteiger partial charge on any atom is -0.392 e. The van der Waals surface area contributed by atoms with E-state index >= 15 is 0 Å². The molecule has 32 heavy (non-hydrogen) atoms. The van der Waals surface area contributed by atoms with Crippen molar-refractivity contribution in [2.45, 2.75) is 26.9 Å². The summed E-state index contributed by atoms with van der Waals surface area (Å²) in [5.41, 5.74) is 6.31. The van der Waals surface area contributed by atoms with Gasteiger partial charge in [-0.3, -0.25) is 9.69 Å². The van der Waals surface area contributed by atoms with Crippen LogP contribution >= 0.6 is 0 Å². The van der Waals surface area contributed by atoms with Crippen molar-refractivity contribution in [3.05, 3.63) is 77.2 Å². The molecule has 1 atom stereocenters. The van der Waals surface area contributed by atoms with Crippen LogP contribution in [0.1, 0.15) is 30.2 Å². The topological polar surface area (TPSA) is 73.1 Å². The molecule has 1 saturated heterocycles. The summed E-state index contributed by atoms with van der Waals surface area (Å²) in [5.74, 6) is 0.108. The van der Waals surface area contributed by atoms with E-state index < -0.39 is 0 Å². The molecule has 2 aromatic rings. The van der Waals surface area contributed by atoms with Gasteiger partial charge in [-0.2, -0.15) is 0 Å². The van der Waals surface area contributed by atoms with Gasteiger partial charge in [0.15, 0.2) is 0 Å². The lowest BCUT2D eigenvalue weighted by Gasteiger charge is -2.34. The summed E-state index contributed by atoms with van der Waals surface area (Å²) in [7, 11) is 0. The lowest BCUT2D eigenvalue weighted by molar-refractivity contribution is -0.122. The highest BCUT2D eigenvalue weighted by Gasteiger charge is 2.25. The monoisotopic (exact) mass is 431 g/mol. The van der Waals surface area contributed by atoms with Gasteiger partial charge in [-0.1, -0.05) is 13.0 Å². The summed E-state index contributed by atoms with van der Waals surface area (Å²) in [4.78, 5) is 22.0. The van der Waals surface area contributed by atoms with Crippen LogP contribution in [-0.2, 0) is 11.4 Å². The van der Waals surface area contributed by atoms with Crippen molar-refractivity contribution in [3.8, 4) is 0 Å². The number of carbonyl (C=O) groups is 1. The fourth-order valence-electron chi connectivity index (χ4n) is 4.67. The van der Waals surface area contributed by atoms with Gasteiger partial charge in [0.1, 0.15) is 5.65 Å². The van der Waals surface area contributed by atoms with E-state index in [-0.39, 0.29) is 18.4 Å². The molecule has 7 nitrogen and oxygen atoms in total. The zero-order valence-corrected chi connectivity index (χ0v) is 18.6. The number of piperazine rings is 1. The molecule has 0 aromatic carbocycles. The van der Waals surface area contributed by atoms with Crippen LogP contribution in [0.25, 0.3) is 11.2 Å². The van der Waals surface area contributed by atoms with Crippen LogP contribution in [0.3, 0.4) is 0 Å². The Morgan fingerprint density at radius 2 is 1.97 bits per heavy atom. The molecule has 1 amide bonds. The summed E-state index contributed by atoms with van der Waals surface area (Å²) < 4.78 is 1.94. The number of carbonyl (C=O) groups excluding carboxylic acids is 1. The first-order chi connectivity index (χ1) is 15.5. The van der Waals surface area contributed by atoms with Crippen molar-refractivity contribution in [1.82, 2.24) is 24.5 Å². The van der Waals surface area contributed by atoms with E-state index in [1.807, 2.05) is 42.1 Å². The molecule has 1 unspecified atom stereocenters. The highest BCUT2D eigenvalue weighted by atomic mass is 16.3. The molecule has 0 aliphatic carbocycles. The highest BCUT2D eigenvalue weighted by Crippen LogP contribution is 2.32. The first-order valence-corrected chi connectivity index (χ1v) is 11.2. The lowest BCUT2D eigenvalue weighted by Crippen LogP contribution is -2.43. The second kappa shape index (κ2) is 8.41. The molecular weight excluding hydrogens is 402 g/mol. The zero-order valence-electron chi connectivity index (χ0n) is 18.6. The largest absolute Gasteiger partial charge is 0.392 e. The van der Waals surface area contributed by atoms with E-state index in [1.54, 1.807) is 11.0 Å². The summed E-state index contributed by atoms with van der Waals surface area (Å²) in [5, 5.41) is 13.3. The Kier molecular flexibility index (Phi) is 5.45. The predicted octanol–water partition coefficient (Wildman–Crippen LogP) is 2.59. The number of aromatic nitrogens is 2. The molecule has 0 spiro atoms. The quantitative estimate of drug-likeness (QED) is 0.782. The lowest BCUT2D eigenvalue weighted by atomic mass is 9.89. The third kappa shape index (κ3) is 3.78. The average molecular weight is 432 g/mol. The molecule has 0 bridgehead atoms. The van der Waals surface area contributed by atoms with Crippen molar-refractivity contribution >= 4 is 17.1 Å². The van der Waals surface area contributed by atoms with Crippen molar-refractivity contribution in [1.29, 1.82) is 0 Å². The van der Waals surface area contributed by atoms with E-state index in [9.17, 15) is 9.90 Å². The molecule has 2 aromatic heterocycles. The fourth-order valence-corrected chi connectivity index (χ4v) is 4.67. The number of allylic oxidation sites excluding steroid dienone is 4. The van der Waals surface area contributed by atoms with E-state index in [0.29, 0.717) is 0 Å². The Hall–Kier alpha value is -3.16. The number of pyridine rings is 1. The number of nitrogens with one attached hydrogen (secondary N) is 1. The molecule has 1 fully saturated rings. The van der Waals surface area contributed by atoms with Gasteiger partial charge in [-0.15, -0.1) is 0 Å². The average Bonchev–Trinajstić information content (AvgIpc) is 3.20. The summed E-state index contributed by atoms with van der Waals surface area (Å²) in [6, 6.07) is 1.96. The molecule has 3 aliphatic heterocycles. The van der Waals surface area contributed by atoms with Crippen LogP contribution in [0, 0.1) is 12.8 Å². The van der Waals surface area contributed by atoms with Crippen LogP contribution in [0.5, 0.6) is 0 Å². The number of hydrogen-bond donors (Lipinski definition) is 2. The van der Waals surface area contributed by atoms with Crippen LogP contribution in [0.2, 0.25) is 0 Å². The maximum Gasteiger partial charge on any atom is 0.255 e. The van der Waals surface area contributed by atoms with E-state index in [4.69, 9.17) is 0 Å². The zero-order chi connectivity index (χ0) is 22.2. The Bertz CT molecular complexity index is 1180. The Morgan fingerprint density at radius 3 is 2.75 bits per heavy atom. The van der Waals surface area contributed by atoms with Crippen molar-refractivity contribution < 1.29 is 9.90 Å². The third-order valence-electron chi connectivity index (χ3n) is 6.43. The van der Waals surface area contributed by atoms with E-state index in [0.717, 1.165) is 72.0 Å². The minimum atomic E-state index is -0.0961. The number of imidazole rings is 1. The fraction of sp³-hybridized carbons (Fsp3) is 0.360. The van der Waals surface area contributed by atoms with E-state index in [2.05, 4.69) is 34.3 Å². The van der Waals surface area contributed by atoms with Crippen LogP contribution in [-0.4, -0.2) is 56.4 Å². The second-order valence-electron chi connectivity index (χ2n) is 8.72. The van der Waals surface area contributed by atoms with Gasteiger partial charge in [0, 0.05) is 62.1 Å². The van der Waals surface area contributed by atoms with Crippen molar-refractivity contribution in [3.63, 3.8) is 0 Å². The summed E-state index contributed by atoms with van der Waals surface area (Å²) in [6.45, 7) is 7.75. The standard InChI is InChI=1S/C25H29N5O2/c1-17-3-4-21-5-6-22(28-9-7-26-8-10-28)15-30(21)24(32)12-23(17)19-11-20(16-31)25-27-18(2)13-29(25)14-19/h4-6,11-15,17,26,31H,3,7-10,16H2,1-2H3. The number of fused-ring (bicyclic) bond motifs is 2. The van der Waals surface area contributed by atoms with Gasteiger partial charge in [0.05, 0.1) is 18.0 Å². The van der Waals surface area contributed by atoms with Gasteiger partial charge in [0.25, 0.3) is 5.91 Å². The first kappa shape index (κ1) is 20.7. The number of aliphatic hydroxyl groups is 1. The number of amides is 1. The van der Waals surface area contributed by atoms with Gasteiger partial charge in [-0.05, 0) is 48.6 Å². The first-order valence-electron chi connectivity index (χ1n) is 11.2. The second-order valence-corrected chi connectivity index (χ2v) is 8.72. The Balaban J connectivity index is 1.52. The minimum absolute atomic E-state index is 0.0535. The Labute approximate surface area is 188 Å². The molecule has 3 aliphatic rings. The van der Waals surface area contributed by atoms with Crippen LogP contribution in [0.15, 0.2) is 60.4 Å². The molecule has 0 saturated carbocycles. The number of hydrogen-bond acceptors (Lipinski definition) is 5. The smallest absolute Gasteiger partial charge is 0.255 e. The van der Waals surface area contributed by atoms with Crippen molar-refractivity contribution in [2.24, 2.45) is 5.92 Å². The highest BCUT2D eigenvalue weighted by molar-refractivity contribution is 5.98. The molecule has 166 valence electrons. The summed E-state index contributed by atoms with van der Waals surface area (Å²) in [6.07, 6.45) is 14.8. The van der Waals surface area contributed by atoms with Crippen molar-refractivity contribution in [2.75, 3.05) is 26.2 Å². The normalized spacial score (nSPS) is 21.7. The maximum atomic E-state index is 13.4. The van der Waals surface area contributed by atoms with Gasteiger partial charge < -0.3 is 19.7 Å². The molecular formula is C25H29N5O2. The number of rotatable bonds is 3. The predicted molar refractivity (Wildman–Crippen MR) is 124 cm³/mol. The van der Waals surface area contributed by atoms with Gasteiger partial charge in [0.2, 0.25) is 0 Å². The Morgan fingerprint density at radius 1 is 1.19 bits per heavy atom. The van der Waals surface area contributed by atoms with Gasteiger partial charge in [-0.25, -0.2) is 4.98 Å². The number of nitrogens with zero attached hydrogens (tertiary/aromatic N) is 4. The number of aryl methyl sites for hydroxylation is 1. The summed E-state index contributed by atoms with van der Waals surface area (Å²) >= 11 is 0. The SMILES string of the molecule is Cc1cn2cc(C3=CC(=O)N4C=C(N5CCNCC5)C=CC4=CCC3C)cc(CO)c2n1.